The lowest BCUT2D eigenvalue weighted by atomic mass is 9.79. The molecule has 5 rings (SSSR count). The van der Waals surface area contributed by atoms with Crippen molar-refractivity contribution in [3.8, 4) is 0 Å². The van der Waals surface area contributed by atoms with Gasteiger partial charge in [-0.1, -0.05) is 30.3 Å². The van der Waals surface area contributed by atoms with Crippen LogP contribution >= 0.6 is 11.3 Å². The minimum atomic E-state index is -4.01. The fourth-order valence-electron chi connectivity index (χ4n) is 4.64. The first-order valence-corrected chi connectivity index (χ1v) is 12.8. The number of rotatable bonds is 5. The van der Waals surface area contributed by atoms with Gasteiger partial charge in [0.15, 0.2) is 9.84 Å². The molecule has 0 atom stereocenters. The zero-order valence-corrected chi connectivity index (χ0v) is 19.3. The summed E-state index contributed by atoms with van der Waals surface area (Å²) in [5, 5.41) is 10.8. The Morgan fingerprint density at radius 2 is 1.79 bits per heavy atom. The van der Waals surface area contributed by atoms with Gasteiger partial charge in [-0.3, -0.25) is 9.59 Å². The van der Waals surface area contributed by atoms with Gasteiger partial charge in [-0.25, -0.2) is 22.5 Å². The number of fused-ring (bicyclic) bond motifs is 1. The molecule has 34 heavy (non-hydrogen) atoms. The molecule has 7 nitrogen and oxygen atoms in total. The smallest absolute Gasteiger partial charge is 0.346 e. The highest BCUT2D eigenvalue weighted by Crippen LogP contribution is 2.51. The molecule has 1 aliphatic heterocycles. The quantitative estimate of drug-likeness (QED) is 0.417. The number of nitrogens with zero attached hydrogens (tertiary/aromatic N) is 1. The number of aromatic carboxylic acids is 1. The van der Waals surface area contributed by atoms with Crippen LogP contribution in [0.3, 0.4) is 0 Å². The molecule has 10 heteroatoms. The number of carboxylic acid groups (broad SMARTS) is 1. The average Bonchev–Trinajstić information content (AvgIpc) is 3.19. The van der Waals surface area contributed by atoms with Crippen LogP contribution in [-0.4, -0.2) is 31.3 Å². The molecule has 1 fully saturated rings. The Labute approximate surface area is 198 Å². The Kier molecular flexibility index (Phi) is 5.18. The molecule has 2 heterocycles. The van der Waals surface area contributed by atoms with E-state index >= 15 is 0 Å². The topological polar surface area (TPSA) is 109 Å². The Balaban J connectivity index is 1.61. The van der Waals surface area contributed by atoms with Crippen molar-refractivity contribution in [3.63, 3.8) is 0 Å². The summed E-state index contributed by atoms with van der Waals surface area (Å²) in [7, 11) is -4.01. The summed E-state index contributed by atoms with van der Waals surface area (Å²) in [6.07, 6.45) is 1.21. The Bertz CT molecular complexity index is 1460. The number of halogens is 1. The van der Waals surface area contributed by atoms with Crippen LogP contribution in [-0.2, 0) is 25.8 Å². The summed E-state index contributed by atoms with van der Waals surface area (Å²) in [5.74, 6) is -4.04. The van der Waals surface area contributed by atoms with Gasteiger partial charge in [0.2, 0.25) is 5.91 Å². The van der Waals surface area contributed by atoms with Crippen molar-refractivity contribution in [1.29, 1.82) is 0 Å². The van der Waals surface area contributed by atoms with E-state index in [1.807, 2.05) is 0 Å². The Morgan fingerprint density at radius 3 is 2.41 bits per heavy atom. The van der Waals surface area contributed by atoms with Crippen molar-refractivity contribution in [1.82, 2.24) is 0 Å². The normalized spacial score (nSPS) is 17.3. The first kappa shape index (κ1) is 22.4. The number of hydrogen-bond donors (Lipinski definition) is 1. The minimum absolute atomic E-state index is 0.176. The maximum absolute atomic E-state index is 14.9. The van der Waals surface area contributed by atoms with Gasteiger partial charge < -0.3 is 5.11 Å². The molecule has 1 N–H and O–H groups in total. The molecule has 0 saturated heterocycles. The van der Waals surface area contributed by atoms with Crippen LogP contribution in [0.5, 0.6) is 0 Å². The maximum Gasteiger partial charge on any atom is 0.346 e. The van der Waals surface area contributed by atoms with Gasteiger partial charge in [0.1, 0.15) is 15.4 Å². The lowest BCUT2D eigenvalue weighted by Gasteiger charge is -2.41. The van der Waals surface area contributed by atoms with E-state index in [1.54, 1.807) is 30.3 Å². The number of carboxylic acids is 1. The highest BCUT2D eigenvalue weighted by molar-refractivity contribution is 7.92. The second-order valence-corrected chi connectivity index (χ2v) is 11.5. The number of sulfone groups is 1. The third kappa shape index (κ3) is 3.13. The van der Waals surface area contributed by atoms with E-state index in [9.17, 15) is 32.3 Å². The summed E-state index contributed by atoms with van der Waals surface area (Å²) in [6, 6.07) is 11.8. The molecule has 1 aliphatic carbocycles. The molecule has 2 aliphatic rings. The number of anilines is 1. The minimum Gasteiger partial charge on any atom is -0.477 e. The van der Waals surface area contributed by atoms with Crippen molar-refractivity contribution in [2.24, 2.45) is 0 Å². The molecular formula is C24H18FNO6S2. The lowest BCUT2D eigenvalue weighted by Crippen LogP contribution is -2.44. The van der Waals surface area contributed by atoms with E-state index in [0.717, 1.165) is 29.5 Å². The summed E-state index contributed by atoms with van der Waals surface area (Å²) >= 11 is 0.811. The fourth-order valence-corrected chi connectivity index (χ4v) is 7.77. The van der Waals surface area contributed by atoms with Gasteiger partial charge in [0, 0.05) is 0 Å². The number of thiophene rings is 1. The molecule has 174 valence electrons. The van der Waals surface area contributed by atoms with E-state index in [1.165, 1.54) is 5.38 Å². The van der Waals surface area contributed by atoms with Gasteiger partial charge >= 0.3 is 5.97 Å². The molecule has 0 unspecified atom stereocenters. The van der Waals surface area contributed by atoms with Crippen LogP contribution in [0.25, 0.3) is 0 Å². The van der Waals surface area contributed by atoms with E-state index < -0.39 is 43.9 Å². The van der Waals surface area contributed by atoms with Crippen LogP contribution in [0.15, 0.2) is 58.8 Å². The summed E-state index contributed by atoms with van der Waals surface area (Å²) < 4.78 is 41.3. The summed E-state index contributed by atoms with van der Waals surface area (Å²) in [5.41, 5.74) is 0.206. The predicted molar refractivity (Wildman–Crippen MR) is 122 cm³/mol. The first-order chi connectivity index (χ1) is 16.2. The SMILES string of the molecule is O=C(O)c1scc2c1C(=O)N(c1cc(S(=O)(=O)C3(c4ccccc4)CCC3)ccc1F)C(=O)C2. The second kappa shape index (κ2) is 7.85. The summed E-state index contributed by atoms with van der Waals surface area (Å²) in [4.78, 5) is 37.6. The number of amides is 2. The van der Waals surface area contributed by atoms with Crippen LogP contribution in [0.1, 0.15) is 50.4 Å². The van der Waals surface area contributed by atoms with Crippen molar-refractivity contribution >= 4 is 44.6 Å². The third-order valence-corrected chi connectivity index (χ3v) is 10.1. The zero-order valence-electron chi connectivity index (χ0n) is 17.7. The maximum atomic E-state index is 14.9. The largest absolute Gasteiger partial charge is 0.477 e. The predicted octanol–water partition coefficient (Wildman–Crippen LogP) is 4.17. The second-order valence-electron chi connectivity index (χ2n) is 8.31. The molecule has 2 amide bonds. The van der Waals surface area contributed by atoms with Crippen LogP contribution in [0.2, 0.25) is 0 Å². The number of imide groups is 1. The van der Waals surface area contributed by atoms with Crippen molar-refractivity contribution in [2.75, 3.05) is 4.90 Å². The zero-order chi connectivity index (χ0) is 24.3. The molecular weight excluding hydrogens is 481 g/mol. The Morgan fingerprint density at radius 1 is 1.09 bits per heavy atom. The van der Waals surface area contributed by atoms with E-state index in [-0.39, 0.29) is 27.3 Å². The van der Waals surface area contributed by atoms with Crippen molar-refractivity contribution < 1.29 is 32.3 Å². The van der Waals surface area contributed by atoms with Gasteiger partial charge in [-0.15, -0.1) is 11.3 Å². The molecule has 1 aromatic heterocycles. The molecule has 0 bridgehead atoms. The number of carbonyl (C=O) groups is 3. The van der Waals surface area contributed by atoms with Gasteiger partial charge in [-0.2, -0.15) is 0 Å². The summed E-state index contributed by atoms with van der Waals surface area (Å²) in [6.45, 7) is 0. The number of carbonyl (C=O) groups excluding carboxylic acids is 2. The molecule has 2 aromatic carbocycles. The van der Waals surface area contributed by atoms with Crippen molar-refractivity contribution in [2.45, 2.75) is 35.3 Å². The van der Waals surface area contributed by atoms with Gasteiger partial charge in [0.05, 0.1) is 22.6 Å². The van der Waals surface area contributed by atoms with Crippen molar-refractivity contribution in [3.05, 3.63) is 81.3 Å². The molecule has 0 radical (unpaired) electrons. The van der Waals surface area contributed by atoms with E-state index in [4.69, 9.17) is 0 Å². The fraction of sp³-hybridized carbons (Fsp3) is 0.208. The van der Waals surface area contributed by atoms with Crippen LogP contribution in [0, 0.1) is 5.82 Å². The van der Waals surface area contributed by atoms with Gasteiger partial charge in [0.25, 0.3) is 5.91 Å². The Hall–Kier alpha value is -3.37. The highest BCUT2D eigenvalue weighted by atomic mass is 32.2. The van der Waals surface area contributed by atoms with Crippen LogP contribution < -0.4 is 4.90 Å². The average molecular weight is 500 g/mol. The van der Waals surface area contributed by atoms with Gasteiger partial charge in [-0.05, 0) is 54.0 Å². The number of hydrogen-bond acceptors (Lipinski definition) is 6. The van der Waals surface area contributed by atoms with E-state index in [2.05, 4.69) is 0 Å². The molecule has 0 spiro atoms. The highest BCUT2D eigenvalue weighted by Gasteiger charge is 2.51. The third-order valence-electron chi connectivity index (χ3n) is 6.51. The monoisotopic (exact) mass is 499 g/mol. The number of benzene rings is 2. The van der Waals surface area contributed by atoms with Crippen LogP contribution in [0.4, 0.5) is 10.1 Å². The molecule has 1 saturated carbocycles. The molecule has 3 aromatic rings. The van der Waals surface area contributed by atoms with E-state index in [0.29, 0.717) is 29.7 Å². The standard InChI is InChI=1S/C24H18FNO6S2/c25-17-8-7-16(34(31,32)24(9-4-10-24)15-5-2-1-3-6-15)12-18(17)26-19(27)11-14-13-33-21(23(29)30)20(14)22(26)28/h1-3,5-8,12-13H,4,9-11H2,(H,29,30). The lowest BCUT2D eigenvalue weighted by molar-refractivity contribution is -0.117. The first-order valence-electron chi connectivity index (χ1n) is 10.5.